The highest BCUT2D eigenvalue weighted by Gasteiger charge is 2.15. The molecule has 1 atom stereocenters. The van der Waals surface area contributed by atoms with Gasteiger partial charge in [-0.2, -0.15) is 0 Å². The summed E-state index contributed by atoms with van der Waals surface area (Å²) in [6, 6.07) is 5.56. The summed E-state index contributed by atoms with van der Waals surface area (Å²) >= 11 is 6.06. The van der Waals surface area contributed by atoms with Gasteiger partial charge in [0.15, 0.2) is 0 Å². The Morgan fingerprint density at radius 2 is 2.38 bits per heavy atom. The molecule has 88 valence electrons. The van der Waals surface area contributed by atoms with E-state index in [2.05, 4.69) is 5.32 Å². The van der Waals surface area contributed by atoms with Gasteiger partial charge in [0, 0.05) is 19.8 Å². The molecule has 4 heteroatoms. The van der Waals surface area contributed by atoms with Crippen LogP contribution in [0.25, 0.3) is 0 Å². The predicted molar refractivity (Wildman–Crippen MR) is 67.9 cm³/mol. The third-order valence-electron chi connectivity index (χ3n) is 2.92. The van der Waals surface area contributed by atoms with Crippen LogP contribution in [0.3, 0.4) is 0 Å². The van der Waals surface area contributed by atoms with Crippen LogP contribution in [0.2, 0.25) is 5.02 Å². The monoisotopic (exact) mass is 240 g/mol. The molecule has 3 nitrogen and oxygen atoms in total. The lowest BCUT2D eigenvalue weighted by Crippen LogP contribution is -2.10. The molecule has 0 bridgehead atoms. The van der Waals surface area contributed by atoms with E-state index in [0.29, 0.717) is 16.6 Å². The summed E-state index contributed by atoms with van der Waals surface area (Å²) in [5, 5.41) is 3.98. The molecule has 1 aromatic rings. The van der Waals surface area contributed by atoms with Gasteiger partial charge in [0.25, 0.3) is 0 Å². The lowest BCUT2D eigenvalue weighted by Gasteiger charge is -2.12. The Morgan fingerprint density at radius 3 is 3.06 bits per heavy atom. The van der Waals surface area contributed by atoms with E-state index in [1.165, 1.54) is 6.42 Å². The number of ether oxygens (including phenoxy) is 1. The molecule has 0 saturated carbocycles. The maximum absolute atomic E-state index is 6.06. The van der Waals surface area contributed by atoms with Crippen molar-refractivity contribution >= 4 is 23.0 Å². The van der Waals surface area contributed by atoms with E-state index in [0.717, 1.165) is 31.9 Å². The van der Waals surface area contributed by atoms with Crippen molar-refractivity contribution in [3.63, 3.8) is 0 Å². The number of para-hydroxylation sites is 1. The molecule has 1 aliphatic heterocycles. The van der Waals surface area contributed by atoms with E-state index >= 15 is 0 Å². The first-order valence-corrected chi connectivity index (χ1v) is 6.01. The molecule has 0 aromatic heterocycles. The van der Waals surface area contributed by atoms with Crippen LogP contribution in [0, 0.1) is 5.92 Å². The normalized spacial score (nSPS) is 19.9. The summed E-state index contributed by atoms with van der Waals surface area (Å²) in [5.41, 5.74) is 7.40. The number of nitrogen functional groups attached to an aromatic ring is 1. The molecule has 0 aliphatic carbocycles. The molecular formula is C12H17ClN2O. The van der Waals surface area contributed by atoms with E-state index in [9.17, 15) is 0 Å². The van der Waals surface area contributed by atoms with Gasteiger partial charge < -0.3 is 15.8 Å². The first kappa shape index (κ1) is 11.6. The van der Waals surface area contributed by atoms with Gasteiger partial charge in [-0.05, 0) is 30.9 Å². The van der Waals surface area contributed by atoms with Gasteiger partial charge in [0.1, 0.15) is 0 Å². The second-order valence-corrected chi connectivity index (χ2v) is 4.56. The molecule has 16 heavy (non-hydrogen) atoms. The minimum atomic E-state index is 0.677. The third kappa shape index (κ3) is 2.80. The van der Waals surface area contributed by atoms with E-state index in [4.69, 9.17) is 22.1 Å². The van der Waals surface area contributed by atoms with Crippen molar-refractivity contribution in [1.82, 2.24) is 0 Å². The fourth-order valence-corrected chi connectivity index (χ4v) is 2.19. The van der Waals surface area contributed by atoms with Crippen LogP contribution in [-0.2, 0) is 4.74 Å². The molecule has 0 spiro atoms. The molecule has 0 radical (unpaired) electrons. The van der Waals surface area contributed by atoms with Crippen LogP contribution in [0.5, 0.6) is 0 Å². The van der Waals surface area contributed by atoms with E-state index in [-0.39, 0.29) is 0 Å². The Labute approximate surface area is 101 Å². The Morgan fingerprint density at radius 1 is 1.50 bits per heavy atom. The maximum atomic E-state index is 6.06. The lowest BCUT2D eigenvalue weighted by molar-refractivity contribution is 0.185. The standard InChI is InChI=1S/C12H17ClN2O/c13-10-2-1-3-11(14)12(10)15-6-4-9-5-7-16-8-9/h1-3,9,15H,4-8,14H2. The zero-order chi connectivity index (χ0) is 11.4. The highest BCUT2D eigenvalue weighted by atomic mass is 35.5. The van der Waals surface area contributed by atoms with Crippen LogP contribution in [-0.4, -0.2) is 19.8 Å². The van der Waals surface area contributed by atoms with Crippen LogP contribution < -0.4 is 11.1 Å². The Balaban J connectivity index is 1.84. The zero-order valence-electron chi connectivity index (χ0n) is 9.21. The molecule has 1 aromatic carbocycles. The Kier molecular flexibility index (Phi) is 3.91. The molecular weight excluding hydrogens is 224 g/mol. The fourth-order valence-electron chi connectivity index (χ4n) is 1.94. The van der Waals surface area contributed by atoms with Crippen molar-refractivity contribution in [1.29, 1.82) is 0 Å². The van der Waals surface area contributed by atoms with Gasteiger partial charge >= 0.3 is 0 Å². The number of hydrogen-bond acceptors (Lipinski definition) is 3. The lowest BCUT2D eigenvalue weighted by atomic mass is 10.1. The summed E-state index contributed by atoms with van der Waals surface area (Å²) < 4.78 is 5.33. The summed E-state index contributed by atoms with van der Waals surface area (Å²) in [7, 11) is 0. The highest BCUT2D eigenvalue weighted by molar-refractivity contribution is 6.33. The quantitative estimate of drug-likeness (QED) is 0.796. The molecule has 1 aliphatic rings. The number of benzene rings is 1. The van der Waals surface area contributed by atoms with Crippen molar-refractivity contribution in [2.75, 3.05) is 30.8 Å². The summed E-state index contributed by atoms with van der Waals surface area (Å²) in [6.45, 7) is 2.68. The average molecular weight is 241 g/mol. The van der Waals surface area contributed by atoms with Crippen LogP contribution in [0.1, 0.15) is 12.8 Å². The molecule has 1 fully saturated rings. The molecule has 2 rings (SSSR count). The van der Waals surface area contributed by atoms with Crippen molar-refractivity contribution in [2.24, 2.45) is 5.92 Å². The highest BCUT2D eigenvalue weighted by Crippen LogP contribution is 2.28. The van der Waals surface area contributed by atoms with Crippen LogP contribution in [0.4, 0.5) is 11.4 Å². The van der Waals surface area contributed by atoms with E-state index in [1.807, 2.05) is 18.2 Å². The number of rotatable bonds is 4. The smallest absolute Gasteiger partial charge is 0.0763 e. The average Bonchev–Trinajstić information content (AvgIpc) is 2.75. The molecule has 1 unspecified atom stereocenters. The number of anilines is 2. The summed E-state index contributed by atoms with van der Waals surface area (Å²) in [5.74, 6) is 0.677. The Bertz CT molecular complexity index is 331. The van der Waals surface area contributed by atoms with Gasteiger partial charge in [-0.15, -0.1) is 0 Å². The minimum absolute atomic E-state index is 0.677. The Hall–Kier alpha value is -0.930. The second-order valence-electron chi connectivity index (χ2n) is 4.15. The van der Waals surface area contributed by atoms with Crippen molar-refractivity contribution < 1.29 is 4.74 Å². The van der Waals surface area contributed by atoms with Crippen molar-refractivity contribution in [2.45, 2.75) is 12.8 Å². The number of nitrogens with two attached hydrogens (primary N) is 1. The maximum Gasteiger partial charge on any atom is 0.0763 e. The van der Waals surface area contributed by atoms with Gasteiger partial charge in [-0.25, -0.2) is 0 Å². The van der Waals surface area contributed by atoms with Gasteiger partial charge in [-0.3, -0.25) is 0 Å². The van der Waals surface area contributed by atoms with Gasteiger partial charge in [0.2, 0.25) is 0 Å². The molecule has 3 N–H and O–H groups in total. The van der Waals surface area contributed by atoms with E-state index in [1.54, 1.807) is 0 Å². The first-order valence-electron chi connectivity index (χ1n) is 5.63. The van der Waals surface area contributed by atoms with Crippen LogP contribution in [0.15, 0.2) is 18.2 Å². The van der Waals surface area contributed by atoms with Gasteiger partial charge in [-0.1, -0.05) is 17.7 Å². The van der Waals surface area contributed by atoms with Crippen molar-refractivity contribution in [3.05, 3.63) is 23.2 Å². The molecule has 0 amide bonds. The fraction of sp³-hybridized carbons (Fsp3) is 0.500. The number of halogens is 1. The second kappa shape index (κ2) is 5.41. The summed E-state index contributed by atoms with van der Waals surface area (Å²) in [6.07, 6.45) is 2.27. The molecule has 1 heterocycles. The topological polar surface area (TPSA) is 47.3 Å². The minimum Gasteiger partial charge on any atom is -0.397 e. The largest absolute Gasteiger partial charge is 0.397 e. The SMILES string of the molecule is Nc1cccc(Cl)c1NCCC1CCOC1. The predicted octanol–water partition coefficient (Wildman–Crippen LogP) is 2.76. The van der Waals surface area contributed by atoms with Crippen LogP contribution >= 0.6 is 11.6 Å². The van der Waals surface area contributed by atoms with Crippen molar-refractivity contribution in [3.8, 4) is 0 Å². The first-order chi connectivity index (χ1) is 7.77. The zero-order valence-corrected chi connectivity index (χ0v) is 9.96. The number of hydrogen-bond donors (Lipinski definition) is 2. The van der Waals surface area contributed by atoms with Gasteiger partial charge in [0.05, 0.1) is 16.4 Å². The number of nitrogens with one attached hydrogen (secondary N) is 1. The summed E-state index contributed by atoms with van der Waals surface area (Å²) in [4.78, 5) is 0. The third-order valence-corrected chi connectivity index (χ3v) is 3.24. The molecule has 1 saturated heterocycles. The van der Waals surface area contributed by atoms with E-state index < -0.39 is 0 Å².